The third-order valence-electron chi connectivity index (χ3n) is 2.00. The number of rotatable bonds is 5. The minimum Gasteiger partial charge on any atom is -0.487 e. The van der Waals surface area contributed by atoms with Crippen LogP contribution in [0.3, 0.4) is 0 Å². The number of hydrogen-bond acceptors (Lipinski definition) is 2. The van der Waals surface area contributed by atoms with Gasteiger partial charge in [-0.3, -0.25) is 0 Å². The van der Waals surface area contributed by atoms with Gasteiger partial charge in [-0.1, -0.05) is 18.2 Å². The molecule has 0 spiro atoms. The molecule has 0 aliphatic carbocycles. The standard InChI is InChI=1S/C12H12F2O3/c1-8-3-2-4-9(5-6-11(15)16)12(8)17-7-10(13)14/h2-6,10H,7H2,1H3,(H,15,16)/b6-5+. The number of aryl methyl sites for hydroxylation is 1. The van der Waals surface area contributed by atoms with Gasteiger partial charge in [-0.2, -0.15) is 0 Å². The van der Waals surface area contributed by atoms with Crippen molar-refractivity contribution < 1.29 is 23.4 Å². The Morgan fingerprint density at radius 3 is 2.82 bits per heavy atom. The zero-order chi connectivity index (χ0) is 12.8. The van der Waals surface area contributed by atoms with Crippen molar-refractivity contribution in [1.82, 2.24) is 0 Å². The van der Waals surface area contributed by atoms with Gasteiger partial charge in [0, 0.05) is 11.6 Å². The number of benzene rings is 1. The van der Waals surface area contributed by atoms with Gasteiger partial charge in [0.25, 0.3) is 6.43 Å². The lowest BCUT2D eigenvalue weighted by molar-refractivity contribution is -0.131. The van der Waals surface area contributed by atoms with Crippen molar-refractivity contribution in [1.29, 1.82) is 0 Å². The largest absolute Gasteiger partial charge is 0.487 e. The van der Waals surface area contributed by atoms with Crippen LogP contribution in [0.15, 0.2) is 24.3 Å². The molecule has 17 heavy (non-hydrogen) atoms. The van der Waals surface area contributed by atoms with Gasteiger partial charge >= 0.3 is 5.97 Å². The lowest BCUT2D eigenvalue weighted by atomic mass is 10.1. The molecule has 0 saturated carbocycles. The van der Waals surface area contributed by atoms with Crippen molar-refractivity contribution in [2.24, 2.45) is 0 Å². The first-order valence-electron chi connectivity index (χ1n) is 4.92. The summed E-state index contributed by atoms with van der Waals surface area (Å²) < 4.78 is 29.1. The highest BCUT2D eigenvalue weighted by molar-refractivity contribution is 5.86. The number of carbonyl (C=O) groups is 1. The molecule has 1 aromatic carbocycles. The van der Waals surface area contributed by atoms with Gasteiger partial charge in [-0.25, -0.2) is 13.6 Å². The smallest absolute Gasteiger partial charge is 0.328 e. The van der Waals surface area contributed by atoms with Gasteiger partial charge in [0.05, 0.1) is 0 Å². The van der Waals surface area contributed by atoms with Crippen LogP contribution in [0.25, 0.3) is 6.08 Å². The van der Waals surface area contributed by atoms with E-state index in [1.54, 1.807) is 25.1 Å². The van der Waals surface area contributed by atoms with E-state index in [9.17, 15) is 13.6 Å². The molecule has 0 unspecified atom stereocenters. The summed E-state index contributed by atoms with van der Waals surface area (Å²) in [5, 5.41) is 8.51. The van der Waals surface area contributed by atoms with Gasteiger partial charge in [0.1, 0.15) is 12.4 Å². The first-order chi connectivity index (χ1) is 8.00. The second-order valence-corrected chi connectivity index (χ2v) is 3.37. The fourth-order valence-electron chi connectivity index (χ4n) is 1.31. The van der Waals surface area contributed by atoms with E-state index in [-0.39, 0.29) is 5.75 Å². The van der Waals surface area contributed by atoms with Gasteiger partial charge < -0.3 is 9.84 Å². The number of halogens is 2. The van der Waals surface area contributed by atoms with Crippen LogP contribution in [0, 0.1) is 6.92 Å². The van der Waals surface area contributed by atoms with Crippen molar-refractivity contribution in [2.75, 3.05) is 6.61 Å². The third-order valence-corrected chi connectivity index (χ3v) is 2.00. The van der Waals surface area contributed by atoms with Crippen LogP contribution in [-0.4, -0.2) is 24.1 Å². The topological polar surface area (TPSA) is 46.5 Å². The van der Waals surface area contributed by atoms with Gasteiger partial charge in [0.15, 0.2) is 0 Å². The lowest BCUT2D eigenvalue weighted by Crippen LogP contribution is -2.08. The average Bonchev–Trinajstić information content (AvgIpc) is 2.24. The summed E-state index contributed by atoms with van der Waals surface area (Å²) in [4.78, 5) is 10.4. The van der Waals surface area contributed by atoms with Crippen LogP contribution >= 0.6 is 0 Å². The Labute approximate surface area is 97.3 Å². The summed E-state index contributed by atoms with van der Waals surface area (Å²) in [5.41, 5.74) is 1.14. The molecule has 1 aromatic rings. The van der Waals surface area contributed by atoms with Crippen molar-refractivity contribution >= 4 is 12.0 Å². The molecule has 0 radical (unpaired) electrons. The van der Waals surface area contributed by atoms with Gasteiger partial charge in [-0.05, 0) is 18.6 Å². The van der Waals surface area contributed by atoms with Crippen molar-refractivity contribution in [3.05, 3.63) is 35.4 Å². The molecule has 0 saturated heterocycles. The molecule has 0 atom stereocenters. The van der Waals surface area contributed by atoms with E-state index in [4.69, 9.17) is 9.84 Å². The van der Waals surface area contributed by atoms with Gasteiger partial charge in [-0.15, -0.1) is 0 Å². The Morgan fingerprint density at radius 1 is 1.53 bits per heavy atom. The van der Waals surface area contributed by atoms with E-state index >= 15 is 0 Å². The van der Waals surface area contributed by atoms with Crippen LogP contribution in [-0.2, 0) is 4.79 Å². The highest BCUT2D eigenvalue weighted by atomic mass is 19.3. The van der Waals surface area contributed by atoms with E-state index in [1.807, 2.05) is 0 Å². The summed E-state index contributed by atoms with van der Waals surface area (Å²) in [7, 11) is 0. The molecular formula is C12H12F2O3. The monoisotopic (exact) mass is 242 g/mol. The summed E-state index contributed by atoms with van der Waals surface area (Å²) >= 11 is 0. The second kappa shape index (κ2) is 5.98. The molecule has 0 amide bonds. The van der Waals surface area contributed by atoms with Crippen LogP contribution in [0.5, 0.6) is 5.75 Å². The Morgan fingerprint density at radius 2 is 2.24 bits per heavy atom. The highest BCUT2D eigenvalue weighted by Crippen LogP contribution is 2.25. The summed E-state index contributed by atoms with van der Waals surface area (Å²) in [6.45, 7) is 0.998. The third kappa shape index (κ3) is 4.22. The predicted molar refractivity (Wildman–Crippen MR) is 59.3 cm³/mol. The lowest BCUT2D eigenvalue weighted by Gasteiger charge is -2.11. The molecular weight excluding hydrogens is 230 g/mol. The van der Waals surface area contributed by atoms with E-state index < -0.39 is 19.0 Å². The van der Waals surface area contributed by atoms with E-state index in [1.165, 1.54) is 6.08 Å². The number of aliphatic carboxylic acids is 1. The van der Waals surface area contributed by atoms with Gasteiger partial charge in [0.2, 0.25) is 0 Å². The first kappa shape index (κ1) is 13.2. The number of alkyl halides is 2. The van der Waals surface area contributed by atoms with Crippen LogP contribution < -0.4 is 4.74 Å². The molecule has 0 heterocycles. The minimum absolute atomic E-state index is 0.283. The molecule has 0 bridgehead atoms. The maximum Gasteiger partial charge on any atom is 0.328 e. The van der Waals surface area contributed by atoms with Crippen molar-refractivity contribution in [2.45, 2.75) is 13.3 Å². The highest BCUT2D eigenvalue weighted by Gasteiger charge is 2.08. The van der Waals surface area contributed by atoms with Crippen LogP contribution in [0.1, 0.15) is 11.1 Å². The second-order valence-electron chi connectivity index (χ2n) is 3.37. The molecule has 0 fully saturated rings. The maximum atomic E-state index is 12.1. The van der Waals surface area contributed by atoms with Crippen LogP contribution in [0.2, 0.25) is 0 Å². The maximum absolute atomic E-state index is 12.1. The number of carboxylic acids is 1. The van der Waals surface area contributed by atoms with Crippen molar-refractivity contribution in [3.63, 3.8) is 0 Å². The number of hydrogen-bond donors (Lipinski definition) is 1. The quantitative estimate of drug-likeness (QED) is 0.807. The molecule has 0 aromatic heterocycles. The molecule has 0 aliphatic heterocycles. The molecule has 3 nitrogen and oxygen atoms in total. The van der Waals surface area contributed by atoms with Crippen LogP contribution in [0.4, 0.5) is 8.78 Å². The Balaban J connectivity index is 2.95. The fraction of sp³-hybridized carbons (Fsp3) is 0.250. The summed E-state index contributed by atoms with van der Waals surface area (Å²) in [5.74, 6) is -0.823. The Kier molecular flexibility index (Phi) is 4.63. The van der Waals surface area contributed by atoms with E-state index in [0.29, 0.717) is 11.1 Å². The Bertz CT molecular complexity index is 428. The molecule has 0 aliphatic rings. The van der Waals surface area contributed by atoms with Crippen molar-refractivity contribution in [3.8, 4) is 5.75 Å². The number of ether oxygens (including phenoxy) is 1. The van der Waals surface area contributed by atoms with E-state index in [2.05, 4.69) is 0 Å². The minimum atomic E-state index is -2.56. The number of para-hydroxylation sites is 1. The number of carboxylic acid groups (broad SMARTS) is 1. The normalized spacial score (nSPS) is 11.1. The predicted octanol–water partition coefficient (Wildman–Crippen LogP) is 2.74. The summed E-state index contributed by atoms with van der Waals surface area (Å²) in [6, 6.07) is 5.01. The summed E-state index contributed by atoms with van der Waals surface area (Å²) in [6.07, 6.45) is -0.314. The first-order valence-corrected chi connectivity index (χ1v) is 4.92. The molecule has 92 valence electrons. The zero-order valence-corrected chi connectivity index (χ0v) is 9.19. The Hall–Kier alpha value is -1.91. The molecule has 1 rings (SSSR count). The molecule has 5 heteroatoms. The van der Waals surface area contributed by atoms with E-state index in [0.717, 1.165) is 6.08 Å². The fourth-order valence-corrected chi connectivity index (χ4v) is 1.31. The SMILES string of the molecule is Cc1cccc(/C=C/C(=O)O)c1OCC(F)F. The average molecular weight is 242 g/mol. The zero-order valence-electron chi connectivity index (χ0n) is 9.19. The molecule has 1 N–H and O–H groups in total.